The van der Waals surface area contributed by atoms with Gasteiger partial charge in [-0.05, 0) is 12.0 Å². The second kappa shape index (κ2) is 3.53. The number of hydrogen-bond donors (Lipinski definition) is 0. The second-order valence-corrected chi connectivity index (χ2v) is 3.95. The van der Waals surface area contributed by atoms with Crippen molar-refractivity contribution in [3.8, 4) is 5.88 Å². The van der Waals surface area contributed by atoms with Crippen LogP contribution >= 0.6 is 0 Å². The summed E-state index contributed by atoms with van der Waals surface area (Å²) >= 11 is 0. The van der Waals surface area contributed by atoms with Crippen molar-refractivity contribution in [2.75, 3.05) is 7.11 Å². The molecular formula is C11H15N3O. The van der Waals surface area contributed by atoms with Crippen LogP contribution in [0.25, 0.3) is 10.9 Å². The molecule has 0 unspecified atom stereocenters. The Labute approximate surface area is 88.9 Å². The monoisotopic (exact) mass is 205 g/mol. The third-order valence-corrected chi connectivity index (χ3v) is 2.38. The predicted octanol–water partition coefficient (Wildman–Crippen LogP) is 2.10. The lowest BCUT2D eigenvalue weighted by Gasteiger charge is -2.06. The number of fused-ring (bicyclic) bond motifs is 1. The second-order valence-electron chi connectivity index (χ2n) is 3.95. The van der Waals surface area contributed by atoms with Crippen LogP contribution in [0, 0.1) is 0 Å². The van der Waals surface area contributed by atoms with Gasteiger partial charge in [-0.1, -0.05) is 13.8 Å². The highest BCUT2D eigenvalue weighted by Gasteiger charge is 2.11. The van der Waals surface area contributed by atoms with Crippen LogP contribution in [0.5, 0.6) is 5.88 Å². The summed E-state index contributed by atoms with van der Waals surface area (Å²) in [6, 6.07) is 2.06. The zero-order valence-corrected chi connectivity index (χ0v) is 9.48. The van der Waals surface area contributed by atoms with E-state index in [9.17, 15) is 0 Å². The van der Waals surface area contributed by atoms with Gasteiger partial charge in [0.05, 0.1) is 7.11 Å². The first-order valence-electron chi connectivity index (χ1n) is 5.00. The van der Waals surface area contributed by atoms with E-state index in [1.54, 1.807) is 11.8 Å². The average Bonchev–Trinajstić information content (AvgIpc) is 2.56. The molecule has 0 spiro atoms. The van der Waals surface area contributed by atoms with Crippen molar-refractivity contribution < 1.29 is 4.74 Å². The molecule has 0 aromatic carbocycles. The van der Waals surface area contributed by atoms with Crippen LogP contribution in [0.3, 0.4) is 0 Å². The number of pyridine rings is 1. The van der Waals surface area contributed by atoms with Gasteiger partial charge >= 0.3 is 0 Å². The molecule has 2 aromatic rings. The minimum Gasteiger partial charge on any atom is -0.479 e. The molecule has 2 heterocycles. The Morgan fingerprint density at radius 1 is 1.40 bits per heavy atom. The normalized spacial score (nSPS) is 11.3. The summed E-state index contributed by atoms with van der Waals surface area (Å²) in [7, 11) is 3.52. The highest BCUT2D eigenvalue weighted by Crippen LogP contribution is 2.25. The van der Waals surface area contributed by atoms with E-state index in [1.807, 2.05) is 13.2 Å². The summed E-state index contributed by atoms with van der Waals surface area (Å²) in [4.78, 5) is 4.43. The first kappa shape index (κ1) is 9.96. The van der Waals surface area contributed by atoms with E-state index in [0.717, 1.165) is 16.6 Å². The fourth-order valence-corrected chi connectivity index (χ4v) is 1.58. The van der Waals surface area contributed by atoms with Crippen LogP contribution in [0.4, 0.5) is 0 Å². The molecule has 2 rings (SSSR count). The van der Waals surface area contributed by atoms with Gasteiger partial charge in [0.1, 0.15) is 0 Å². The molecule has 0 aliphatic rings. The maximum Gasteiger partial charge on any atom is 0.242 e. The Balaban J connectivity index is 2.70. The summed E-state index contributed by atoms with van der Waals surface area (Å²) in [5.74, 6) is 1.00. The molecule has 0 atom stereocenters. The summed E-state index contributed by atoms with van der Waals surface area (Å²) < 4.78 is 7.02. The number of aromatic nitrogens is 3. The fraction of sp³-hybridized carbons (Fsp3) is 0.455. The van der Waals surface area contributed by atoms with Crippen molar-refractivity contribution in [1.29, 1.82) is 0 Å². The van der Waals surface area contributed by atoms with Gasteiger partial charge in [-0.3, -0.25) is 4.68 Å². The Kier molecular flexibility index (Phi) is 2.34. The van der Waals surface area contributed by atoms with E-state index in [0.29, 0.717) is 11.8 Å². The van der Waals surface area contributed by atoms with Gasteiger partial charge in [-0.25, -0.2) is 4.98 Å². The first-order valence-corrected chi connectivity index (χ1v) is 5.00. The summed E-state index contributed by atoms with van der Waals surface area (Å²) in [6.07, 6.45) is 1.98. The lowest BCUT2D eigenvalue weighted by atomic mass is 10.1. The quantitative estimate of drug-likeness (QED) is 0.753. The molecule has 80 valence electrons. The summed E-state index contributed by atoms with van der Waals surface area (Å²) in [5, 5.41) is 5.39. The van der Waals surface area contributed by atoms with Gasteiger partial charge in [0.25, 0.3) is 0 Å². The minimum atomic E-state index is 0.392. The fourth-order valence-electron chi connectivity index (χ4n) is 1.58. The molecule has 0 aliphatic heterocycles. The zero-order valence-electron chi connectivity index (χ0n) is 9.48. The van der Waals surface area contributed by atoms with Crippen molar-refractivity contribution >= 4 is 10.9 Å². The molecule has 4 nitrogen and oxygen atoms in total. The zero-order chi connectivity index (χ0) is 11.0. The third kappa shape index (κ3) is 1.67. The highest BCUT2D eigenvalue weighted by atomic mass is 16.5. The Morgan fingerprint density at radius 3 is 2.73 bits per heavy atom. The largest absolute Gasteiger partial charge is 0.479 e. The van der Waals surface area contributed by atoms with Crippen molar-refractivity contribution in [3.05, 3.63) is 18.0 Å². The topological polar surface area (TPSA) is 39.9 Å². The van der Waals surface area contributed by atoms with Crippen LogP contribution in [0.15, 0.2) is 12.3 Å². The predicted molar refractivity (Wildman–Crippen MR) is 59.2 cm³/mol. The number of nitrogens with zero attached hydrogens (tertiary/aromatic N) is 3. The molecule has 0 aliphatic carbocycles. The summed E-state index contributed by atoms with van der Waals surface area (Å²) in [6.45, 7) is 4.23. The number of aryl methyl sites for hydroxylation is 1. The van der Waals surface area contributed by atoms with E-state index in [-0.39, 0.29) is 0 Å². The SMILES string of the molecule is COc1nc(C(C)C)cc2cn(C)nc12. The molecule has 0 saturated carbocycles. The minimum absolute atomic E-state index is 0.392. The van der Waals surface area contributed by atoms with Crippen molar-refractivity contribution in [1.82, 2.24) is 14.8 Å². The Morgan fingerprint density at radius 2 is 2.13 bits per heavy atom. The first-order chi connectivity index (χ1) is 7.11. The van der Waals surface area contributed by atoms with E-state index in [4.69, 9.17) is 4.74 Å². The molecule has 0 bridgehead atoms. The molecule has 15 heavy (non-hydrogen) atoms. The number of ether oxygens (including phenoxy) is 1. The molecule has 0 radical (unpaired) electrons. The molecule has 4 heteroatoms. The summed E-state index contributed by atoms with van der Waals surface area (Å²) in [5.41, 5.74) is 1.86. The van der Waals surface area contributed by atoms with Crippen LogP contribution in [-0.2, 0) is 7.05 Å². The molecule has 0 amide bonds. The lowest BCUT2D eigenvalue weighted by Crippen LogP contribution is -1.96. The van der Waals surface area contributed by atoms with Gasteiger partial charge in [0.15, 0.2) is 5.52 Å². The molecule has 0 saturated heterocycles. The van der Waals surface area contributed by atoms with Gasteiger partial charge in [-0.2, -0.15) is 5.10 Å². The van der Waals surface area contributed by atoms with E-state index < -0.39 is 0 Å². The van der Waals surface area contributed by atoms with Crippen molar-refractivity contribution in [3.63, 3.8) is 0 Å². The van der Waals surface area contributed by atoms with Gasteiger partial charge in [-0.15, -0.1) is 0 Å². The molecular weight excluding hydrogens is 190 g/mol. The maximum absolute atomic E-state index is 5.24. The van der Waals surface area contributed by atoms with Crippen LogP contribution in [0.2, 0.25) is 0 Å². The van der Waals surface area contributed by atoms with Crippen LogP contribution in [0.1, 0.15) is 25.5 Å². The number of methoxy groups -OCH3 is 1. The standard InChI is InChI=1S/C11H15N3O/c1-7(2)9-5-8-6-14(3)13-10(8)11(12-9)15-4/h5-7H,1-4H3. The van der Waals surface area contributed by atoms with E-state index >= 15 is 0 Å². The smallest absolute Gasteiger partial charge is 0.242 e. The maximum atomic E-state index is 5.24. The number of rotatable bonds is 2. The Bertz CT molecular complexity index is 488. The van der Waals surface area contributed by atoms with Crippen molar-refractivity contribution in [2.45, 2.75) is 19.8 Å². The van der Waals surface area contributed by atoms with Crippen LogP contribution in [-0.4, -0.2) is 21.9 Å². The molecule has 2 aromatic heterocycles. The number of hydrogen-bond acceptors (Lipinski definition) is 3. The third-order valence-electron chi connectivity index (χ3n) is 2.38. The van der Waals surface area contributed by atoms with Crippen molar-refractivity contribution in [2.24, 2.45) is 7.05 Å². The average molecular weight is 205 g/mol. The molecule has 0 N–H and O–H groups in total. The van der Waals surface area contributed by atoms with Gasteiger partial charge in [0, 0.05) is 24.3 Å². The van der Waals surface area contributed by atoms with Gasteiger partial charge < -0.3 is 4.74 Å². The Hall–Kier alpha value is -1.58. The highest BCUT2D eigenvalue weighted by molar-refractivity contribution is 5.83. The molecule has 0 fully saturated rings. The lowest BCUT2D eigenvalue weighted by molar-refractivity contribution is 0.400. The van der Waals surface area contributed by atoms with Crippen LogP contribution < -0.4 is 4.74 Å². The van der Waals surface area contributed by atoms with Gasteiger partial charge in [0.2, 0.25) is 5.88 Å². The van der Waals surface area contributed by atoms with E-state index in [2.05, 4.69) is 30.0 Å². The van der Waals surface area contributed by atoms with E-state index in [1.165, 1.54) is 0 Å².